The first-order valence-electron chi connectivity index (χ1n) is 3.91. The van der Waals surface area contributed by atoms with Crippen LogP contribution in [0.1, 0.15) is 18.2 Å². The van der Waals surface area contributed by atoms with Crippen LogP contribution in [0, 0.1) is 24.6 Å². The summed E-state index contributed by atoms with van der Waals surface area (Å²) in [5.74, 6) is 4.83. The van der Waals surface area contributed by atoms with Crippen molar-refractivity contribution < 1.29 is 9.50 Å². The first kappa shape index (κ1) is 9.69. The van der Waals surface area contributed by atoms with Crippen LogP contribution in [0.2, 0.25) is 0 Å². The van der Waals surface area contributed by atoms with Gasteiger partial charge in [-0.2, -0.15) is 0 Å². The van der Waals surface area contributed by atoms with Crippen LogP contribution < -0.4 is 0 Å². The van der Waals surface area contributed by atoms with Crippen molar-refractivity contribution in [2.24, 2.45) is 0 Å². The average molecular weight is 179 g/mol. The minimum atomic E-state index is -0.689. The molecule has 68 valence electrons. The lowest BCUT2D eigenvalue weighted by Crippen LogP contribution is -1.95. The molecule has 1 aromatic heterocycles. The molecule has 1 rings (SSSR count). The molecule has 0 amide bonds. The predicted molar refractivity (Wildman–Crippen MR) is 47.5 cm³/mol. The number of rotatable bonds is 0. The number of halogens is 1. The lowest BCUT2D eigenvalue weighted by atomic mass is 10.2. The third kappa shape index (κ3) is 2.85. The summed E-state index contributed by atoms with van der Waals surface area (Å²) in [4.78, 5) is 3.79. The van der Waals surface area contributed by atoms with Gasteiger partial charge in [-0.05, 0) is 31.4 Å². The molecule has 0 spiro atoms. The average Bonchev–Trinajstić information content (AvgIpc) is 2.02. The second kappa shape index (κ2) is 4.01. The molecule has 3 heteroatoms. The van der Waals surface area contributed by atoms with Gasteiger partial charge in [0.2, 0.25) is 0 Å². The molecule has 1 atom stereocenters. The molecule has 0 aliphatic heterocycles. The van der Waals surface area contributed by atoms with Gasteiger partial charge in [-0.3, -0.25) is 0 Å². The van der Waals surface area contributed by atoms with Crippen LogP contribution >= 0.6 is 0 Å². The lowest BCUT2D eigenvalue weighted by molar-refractivity contribution is 0.253. The van der Waals surface area contributed by atoms with Gasteiger partial charge >= 0.3 is 0 Å². The van der Waals surface area contributed by atoms with Crippen LogP contribution in [0.3, 0.4) is 0 Å². The largest absolute Gasteiger partial charge is 0.381 e. The van der Waals surface area contributed by atoms with E-state index in [2.05, 4.69) is 16.8 Å². The Morgan fingerprint density at radius 3 is 2.85 bits per heavy atom. The monoisotopic (exact) mass is 179 g/mol. The zero-order valence-electron chi connectivity index (χ0n) is 7.50. The number of nitrogens with zero attached hydrogens (tertiary/aromatic N) is 1. The molecule has 0 saturated heterocycles. The van der Waals surface area contributed by atoms with Crippen LogP contribution in [0.5, 0.6) is 0 Å². The molecule has 2 nitrogen and oxygen atoms in total. The molecule has 0 bridgehead atoms. The van der Waals surface area contributed by atoms with Crippen molar-refractivity contribution in [3.8, 4) is 11.8 Å². The second-order valence-electron chi connectivity index (χ2n) is 2.76. The van der Waals surface area contributed by atoms with E-state index in [4.69, 9.17) is 5.11 Å². The molecular formula is C10H10FNO. The molecule has 0 aromatic carbocycles. The maximum absolute atomic E-state index is 12.6. The van der Waals surface area contributed by atoms with Crippen molar-refractivity contribution in [2.75, 3.05) is 0 Å². The highest BCUT2D eigenvalue weighted by Crippen LogP contribution is 2.04. The lowest BCUT2D eigenvalue weighted by Gasteiger charge is -1.96. The quantitative estimate of drug-likeness (QED) is 0.608. The minimum absolute atomic E-state index is 0.375. The number of aliphatic hydroxyl groups is 1. The standard InChI is InChI=1S/C10H10FNO/c1-7-5-9(11)6-12-10(7)4-3-8(2)13/h5-6,8,13H,1-2H3. The summed E-state index contributed by atoms with van der Waals surface area (Å²) in [6, 6.07) is 1.36. The first-order chi connectivity index (χ1) is 6.09. The summed E-state index contributed by atoms with van der Waals surface area (Å²) in [6.45, 7) is 3.29. The first-order valence-corrected chi connectivity index (χ1v) is 3.91. The van der Waals surface area contributed by atoms with E-state index in [0.29, 0.717) is 11.3 Å². The molecule has 13 heavy (non-hydrogen) atoms. The highest BCUT2D eigenvalue weighted by Gasteiger charge is 1.97. The molecule has 1 heterocycles. The topological polar surface area (TPSA) is 33.1 Å². The second-order valence-corrected chi connectivity index (χ2v) is 2.76. The Balaban J connectivity index is 2.98. The Labute approximate surface area is 76.4 Å². The fourth-order valence-electron chi connectivity index (χ4n) is 0.844. The number of aliphatic hydroxyl groups excluding tert-OH is 1. The van der Waals surface area contributed by atoms with E-state index in [9.17, 15) is 4.39 Å². The zero-order valence-corrected chi connectivity index (χ0v) is 7.50. The van der Waals surface area contributed by atoms with Crippen molar-refractivity contribution in [2.45, 2.75) is 20.0 Å². The van der Waals surface area contributed by atoms with E-state index in [1.807, 2.05) is 0 Å². The van der Waals surface area contributed by atoms with Crippen LogP contribution in [-0.2, 0) is 0 Å². The molecular weight excluding hydrogens is 169 g/mol. The highest BCUT2D eigenvalue weighted by atomic mass is 19.1. The summed E-state index contributed by atoms with van der Waals surface area (Å²) in [7, 11) is 0. The van der Waals surface area contributed by atoms with Crippen LogP contribution in [0.25, 0.3) is 0 Å². The van der Waals surface area contributed by atoms with Crippen LogP contribution in [0.4, 0.5) is 4.39 Å². The maximum atomic E-state index is 12.6. The van der Waals surface area contributed by atoms with E-state index in [0.717, 1.165) is 6.20 Å². The van der Waals surface area contributed by atoms with Gasteiger partial charge in [-0.1, -0.05) is 5.92 Å². The van der Waals surface area contributed by atoms with Gasteiger partial charge < -0.3 is 5.11 Å². The van der Waals surface area contributed by atoms with Crippen molar-refractivity contribution in [1.29, 1.82) is 0 Å². The minimum Gasteiger partial charge on any atom is -0.381 e. The Kier molecular flexibility index (Phi) is 2.99. The van der Waals surface area contributed by atoms with Gasteiger partial charge in [0, 0.05) is 0 Å². The molecule has 1 aromatic rings. The van der Waals surface area contributed by atoms with E-state index in [1.54, 1.807) is 13.8 Å². The van der Waals surface area contributed by atoms with Crippen LogP contribution in [-0.4, -0.2) is 16.2 Å². The zero-order chi connectivity index (χ0) is 9.84. The molecule has 1 unspecified atom stereocenters. The predicted octanol–water partition coefficient (Wildman–Crippen LogP) is 1.26. The SMILES string of the molecule is Cc1cc(F)cnc1C#CC(C)O. The van der Waals surface area contributed by atoms with E-state index in [-0.39, 0.29) is 5.82 Å². The molecule has 0 radical (unpaired) electrons. The number of aryl methyl sites for hydroxylation is 1. The summed E-state index contributed by atoms with van der Waals surface area (Å²) < 4.78 is 12.6. The third-order valence-corrected chi connectivity index (χ3v) is 1.44. The van der Waals surface area contributed by atoms with Crippen molar-refractivity contribution in [1.82, 2.24) is 4.98 Å². The maximum Gasteiger partial charge on any atom is 0.141 e. The fourth-order valence-corrected chi connectivity index (χ4v) is 0.844. The smallest absolute Gasteiger partial charge is 0.141 e. The van der Waals surface area contributed by atoms with Gasteiger partial charge in [-0.25, -0.2) is 9.37 Å². The van der Waals surface area contributed by atoms with Gasteiger partial charge in [0.15, 0.2) is 0 Å². The fraction of sp³-hybridized carbons (Fsp3) is 0.300. The number of aromatic nitrogens is 1. The summed E-state index contributed by atoms with van der Waals surface area (Å²) in [6.07, 6.45) is 0.422. The van der Waals surface area contributed by atoms with Gasteiger partial charge in [0.05, 0.1) is 6.20 Å². The molecule has 1 N–H and O–H groups in total. The number of pyridine rings is 1. The third-order valence-electron chi connectivity index (χ3n) is 1.44. The normalized spacial score (nSPS) is 11.7. The van der Waals surface area contributed by atoms with E-state index in [1.165, 1.54) is 6.07 Å². The van der Waals surface area contributed by atoms with Crippen molar-refractivity contribution in [3.63, 3.8) is 0 Å². The summed E-state index contributed by atoms with van der Waals surface area (Å²) in [5, 5.41) is 8.88. The summed E-state index contributed by atoms with van der Waals surface area (Å²) in [5.41, 5.74) is 1.18. The van der Waals surface area contributed by atoms with Gasteiger partial charge in [0.25, 0.3) is 0 Å². The van der Waals surface area contributed by atoms with Crippen molar-refractivity contribution >= 4 is 0 Å². The number of hydrogen-bond donors (Lipinski definition) is 1. The molecule has 0 aliphatic carbocycles. The Morgan fingerprint density at radius 2 is 2.31 bits per heavy atom. The highest BCUT2D eigenvalue weighted by molar-refractivity contribution is 5.35. The van der Waals surface area contributed by atoms with Gasteiger partial charge in [0.1, 0.15) is 17.6 Å². The Hall–Kier alpha value is -1.40. The molecule has 0 fully saturated rings. The Morgan fingerprint density at radius 1 is 1.62 bits per heavy atom. The molecule has 0 saturated carbocycles. The van der Waals surface area contributed by atoms with Crippen LogP contribution in [0.15, 0.2) is 12.3 Å². The number of hydrogen-bond acceptors (Lipinski definition) is 2. The summed E-state index contributed by atoms with van der Waals surface area (Å²) >= 11 is 0. The van der Waals surface area contributed by atoms with Gasteiger partial charge in [-0.15, -0.1) is 0 Å². The Bertz CT molecular complexity index is 363. The molecule has 0 aliphatic rings. The van der Waals surface area contributed by atoms with E-state index < -0.39 is 6.10 Å². The van der Waals surface area contributed by atoms with E-state index >= 15 is 0 Å². The van der Waals surface area contributed by atoms with Crippen molar-refractivity contribution in [3.05, 3.63) is 29.3 Å².